The minimum absolute atomic E-state index is 0.214. The summed E-state index contributed by atoms with van der Waals surface area (Å²) < 4.78 is 1.45. The standard InChI is InChI=1S/C11H9N5O/c17-7-10-13-14-11-12-6-9(15-16(10)11)8-4-2-1-3-5-8/h1-6,17H,7H2. The molecule has 1 aromatic carbocycles. The Morgan fingerprint density at radius 3 is 2.71 bits per heavy atom. The second kappa shape index (κ2) is 3.91. The van der Waals surface area contributed by atoms with Crippen LogP contribution in [0.5, 0.6) is 0 Å². The molecule has 0 aliphatic rings. The van der Waals surface area contributed by atoms with Crippen molar-refractivity contribution in [3.63, 3.8) is 0 Å². The molecule has 0 radical (unpaired) electrons. The molecule has 0 fully saturated rings. The second-order valence-corrected chi connectivity index (χ2v) is 3.50. The Kier molecular flexibility index (Phi) is 2.27. The maximum atomic E-state index is 9.09. The van der Waals surface area contributed by atoms with Crippen LogP contribution in [0.1, 0.15) is 5.82 Å². The molecule has 2 aromatic heterocycles. The van der Waals surface area contributed by atoms with E-state index in [1.165, 1.54) is 4.52 Å². The molecular weight excluding hydrogens is 218 g/mol. The minimum atomic E-state index is -0.214. The molecule has 1 N–H and O–H groups in total. The molecule has 0 bridgehead atoms. The van der Waals surface area contributed by atoms with Crippen molar-refractivity contribution in [1.82, 2.24) is 24.8 Å². The van der Waals surface area contributed by atoms with Crippen molar-refractivity contribution < 1.29 is 5.11 Å². The van der Waals surface area contributed by atoms with Gasteiger partial charge < -0.3 is 5.11 Å². The Labute approximate surface area is 96.6 Å². The molecule has 17 heavy (non-hydrogen) atoms. The smallest absolute Gasteiger partial charge is 0.272 e. The number of benzene rings is 1. The lowest BCUT2D eigenvalue weighted by atomic mass is 10.2. The van der Waals surface area contributed by atoms with E-state index in [2.05, 4.69) is 20.3 Å². The first kappa shape index (κ1) is 9.86. The van der Waals surface area contributed by atoms with Crippen molar-refractivity contribution in [2.45, 2.75) is 6.61 Å². The summed E-state index contributed by atoms with van der Waals surface area (Å²) in [5.41, 5.74) is 1.67. The highest BCUT2D eigenvalue weighted by Gasteiger charge is 2.08. The maximum Gasteiger partial charge on any atom is 0.272 e. The summed E-state index contributed by atoms with van der Waals surface area (Å²) in [4.78, 5) is 4.14. The van der Waals surface area contributed by atoms with Gasteiger partial charge in [-0.05, 0) is 0 Å². The first-order valence-electron chi connectivity index (χ1n) is 5.12. The number of aromatic nitrogens is 5. The highest BCUT2D eigenvalue weighted by Crippen LogP contribution is 2.14. The molecule has 84 valence electrons. The van der Waals surface area contributed by atoms with Crippen LogP contribution >= 0.6 is 0 Å². The highest BCUT2D eigenvalue weighted by atomic mass is 16.3. The first-order valence-corrected chi connectivity index (χ1v) is 5.12. The highest BCUT2D eigenvalue weighted by molar-refractivity contribution is 5.57. The summed E-state index contributed by atoms with van der Waals surface area (Å²) in [7, 11) is 0. The monoisotopic (exact) mass is 227 g/mol. The molecule has 0 saturated carbocycles. The van der Waals surface area contributed by atoms with Crippen molar-refractivity contribution in [3.05, 3.63) is 42.4 Å². The van der Waals surface area contributed by atoms with E-state index in [-0.39, 0.29) is 6.61 Å². The predicted molar refractivity (Wildman–Crippen MR) is 59.9 cm³/mol. The third-order valence-corrected chi connectivity index (χ3v) is 2.41. The van der Waals surface area contributed by atoms with E-state index < -0.39 is 0 Å². The van der Waals surface area contributed by atoms with E-state index in [4.69, 9.17) is 5.11 Å². The van der Waals surface area contributed by atoms with Crippen LogP contribution in [-0.2, 0) is 6.61 Å². The number of nitrogens with zero attached hydrogens (tertiary/aromatic N) is 5. The number of aliphatic hydroxyl groups excluding tert-OH is 1. The average Bonchev–Trinajstić information content (AvgIpc) is 2.81. The molecule has 0 aliphatic heterocycles. The largest absolute Gasteiger partial charge is 0.388 e. The predicted octanol–water partition coefficient (Wildman–Crippen LogP) is 0.679. The van der Waals surface area contributed by atoms with Gasteiger partial charge in [-0.15, -0.1) is 10.2 Å². The van der Waals surface area contributed by atoms with Gasteiger partial charge in [-0.1, -0.05) is 30.3 Å². The van der Waals surface area contributed by atoms with E-state index in [1.54, 1.807) is 6.20 Å². The molecule has 0 unspecified atom stereocenters. The van der Waals surface area contributed by atoms with Crippen molar-refractivity contribution in [3.8, 4) is 11.3 Å². The fourth-order valence-electron chi connectivity index (χ4n) is 1.58. The van der Waals surface area contributed by atoms with Gasteiger partial charge in [0.15, 0.2) is 5.82 Å². The summed E-state index contributed by atoms with van der Waals surface area (Å²) in [5, 5.41) is 21.0. The van der Waals surface area contributed by atoms with E-state index in [0.29, 0.717) is 17.3 Å². The summed E-state index contributed by atoms with van der Waals surface area (Å²) >= 11 is 0. The van der Waals surface area contributed by atoms with Crippen molar-refractivity contribution >= 4 is 5.78 Å². The Morgan fingerprint density at radius 1 is 1.12 bits per heavy atom. The van der Waals surface area contributed by atoms with Crippen LogP contribution in [-0.4, -0.2) is 29.9 Å². The van der Waals surface area contributed by atoms with Crippen molar-refractivity contribution in [2.24, 2.45) is 0 Å². The van der Waals surface area contributed by atoms with Crippen molar-refractivity contribution in [2.75, 3.05) is 0 Å². The number of rotatable bonds is 2. The van der Waals surface area contributed by atoms with Crippen LogP contribution in [0.15, 0.2) is 36.5 Å². The van der Waals surface area contributed by atoms with E-state index in [0.717, 1.165) is 5.56 Å². The van der Waals surface area contributed by atoms with Crippen LogP contribution in [0.3, 0.4) is 0 Å². The van der Waals surface area contributed by atoms with Crippen LogP contribution in [0.4, 0.5) is 0 Å². The second-order valence-electron chi connectivity index (χ2n) is 3.50. The molecule has 0 aliphatic carbocycles. The zero-order valence-corrected chi connectivity index (χ0v) is 8.85. The van der Waals surface area contributed by atoms with Gasteiger partial charge in [-0.2, -0.15) is 9.61 Å². The molecule has 0 saturated heterocycles. The van der Waals surface area contributed by atoms with Crippen LogP contribution < -0.4 is 0 Å². The SMILES string of the molecule is OCc1nnc2ncc(-c3ccccc3)nn12. The van der Waals surface area contributed by atoms with Gasteiger partial charge in [0.05, 0.1) is 6.20 Å². The molecule has 3 rings (SSSR count). The lowest BCUT2D eigenvalue weighted by molar-refractivity contribution is 0.268. The molecule has 0 atom stereocenters. The number of fused-ring (bicyclic) bond motifs is 1. The Balaban J connectivity index is 2.19. The van der Waals surface area contributed by atoms with Gasteiger partial charge >= 0.3 is 0 Å². The van der Waals surface area contributed by atoms with E-state index >= 15 is 0 Å². The number of hydrogen-bond donors (Lipinski definition) is 1. The molecular formula is C11H9N5O. The number of aliphatic hydroxyl groups is 1. The molecule has 2 heterocycles. The fourth-order valence-corrected chi connectivity index (χ4v) is 1.58. The van der Waals surface area contributed by atoms with Crippen LogP contribution in [0.25, 0.3) is 17.0 Å². The molecule has 3 aromatic rings. The Bertz CT molecular complexity index is 649. The summed E-state index contributed by atoms with van der Waals surface area (Å²) in [6.07, 6.45) is 1.64. The maximum absolute atomic E-state index is 9.09. The number of hydrogen-bond acceptors (Lipinski definition) is 5. The van der Waals surface area contributed by atoms with Gasteiger partial charge in [-0.3, -0.25) is 0 Å². The molecule has 0 spiro atoms. The van der Waals surface area contributed by atoms with E-state index in [1.807, 2.05) is 30.3 Å². The van der Waals surface area contributed by atoms with E-state index in [9.17, 15) is 0 Å². The third-order valence-electron chi connectivity index (χ3n) is 2.41. The van der Waals surface area contributed by atoms with Crippen molar-refractivity contribution in [1.29, 1.82) is 0 Å². The summed E-state index contributed by atoms with van der Waals surface area (Å²) in [6.45, 7) is -0.214. The fraction of sp³-hybridized carbons (Fsp3) is 0.0909. The summed E-state index contributed by atoms with van der Waals surface area (Å²) in [6, 6.07) is 9.69. The Morgan fingerprint density at radius 2 is 1.94 bits per heavy atom. The molecule has 6 heteroatoms. The third kappa shape index (κ3) is 1.64. The zero-order valence-electron chi connectivity index (χ0n) is 8.85. The topological polar surface area (TPSA) is 76.2 Å². The van der Waals surface area contributed by atoms with Gasteiger partial charge in [0.2, 0.25) is 0 Å². The van der Waals surface area contributed by atoms with Gasteiger partial charge in [0, 0.05) is 5.56 Å². The zero-order chi connectivity index (χ0) is 11.7. The Hall–Kier alpha value is -2.34. The lowest BCUT2D eigenvalue weighted by Gasteiger charge is -2.00. The normalized spacial score (nSPS) is 10.9. The molecule has 6 nitrogen and oxygen atoms in total. The first-order chi connectivity index (χ1) is 8.38. The van der Waals surface area contributed by atoms with Crippen LogP contribution in [0.2, 0.25) is 0 Å². The van der Waals surface area contributed by atoms with Gasteiger partial charge in [-0.25, -0.2) is 4.98 Å². The quantitative estimate of drug-likeness (QED) is 0.696. The van der Waals surface area contributed by atoms with Gasteiger partial charge in [0.25, 0.3) is 5.78 Å². The summed E-state index contributed by atoms with van der Waals surface area (Å²) in [5.74, 6) is 0.763. The minimum Gasteiger partial charge on any atom is -0.388 e. The van der Waals surface area contributed by atoms with Crippen LogP contribution in [0, 0.1) is 0 Å². The molecule has 0 amide bonds. The van der Waals surface area contributed by atoms with Gasteiger partial charge in [0.1, 0.15) is 12.3 Å². The average molecular weight is 227 g/mol. The lowest BCUT2D eigenvalue weighted by Crippen LogP contribution is -2.01.